The van der Waals surface area contributed by atoms with Gasteiger partial charge in [-0.3, -0.25) is 19.9 Å². The molecule has 18 heavy (non-hydrogen) atoms. The normalized spacial score (nSPS) is 13.7. The zero-order valence-corrected chi connectivity index (χ0v) is 11.3. The average molecular weight is 318 g/mol. The summed E-state index contributed by atoms with van der Waals surface area (Å²) in [4.78, 5) is 24.8. The van der Waals surface area contributed by atoms with E-state index in [0.717, 1.165) is 6.20 Å². The number of carboxylic acids is 1. The van der Waals surface area contributed by atoms with E-state index in [0.29, 0.717) is 4.47 Å². The van der Waals surface area contributed by atoms with Crippen LogP contribution in [0.1, 0.15) is 13.8 Å². The van der Waals surface area contributed by atoms with Crippen LogP contribution in [0.15, 0.2) is 16.9 Å². The minimum Gasteiger partial charge on any atom is -0.481 e. The maximum Gasteiger partial charge on any atom is 0.311 e. The quantitative estimate of drug-likeness (QED) is 0.637. The summed E-state index contributed by atoms with van der Waals surface area (Å²) in [5.41, 5.74) is 0.0319. The summed E-state index contributed by atoms with van der Waals surface area (Å²) in [5, 5.41) is 22.6. The minimum atomic E-state index is -0.970. The molecule has 8 heteroatoms. The molecule has 0 radical (unpaired) electrons. The molecule has 7 nitrogen and oxygen atoms in total. The Morgan fingerprint density at radius 1 is 1.56 bits per heavy atom. The number of aromatic nitrogens is 1. The predicted molar refractivity (Wildman–Crippen MR) is 68.5 cm³/mol. The van der Waals surface area contributed by atoms with Gasteiger partial charge in [-0.05, 0) is 29.8 Å². The van der Waals surface area contributed by atoms with Crippen LogP contribution in [0.4, 0.5) is 11.4 Å². The fourth-order valence-electron chi connectivity index (χ4n) is 1.27. The second-order valence-corrected chi connectivity index (χ2v) is 4.69. The van der Waals surface area contributed by atoms with Gasteiger partial charge in [-0.2, -0.15) is 0 Å². The molecule has 0 fully saturated rings. The van der Waals surface area contributed by atoms with Gasteiger partial charge in [0.25, 0.3) is 0 Å². The molecule has 0 aromatic carbocycles. The Balaban J connectivity index is 3.03. The van der Waals surface area contributed by atoms with Crippen molar-refractivity contribution in [1.29, 1.82) is 0 Å². The first-order chi connectivity index (χ1) is 8.34. The van der Waals surface area contributed by atoms with Crippen molar-refractivity contribution in [1.82, 2.24) is 4.98 Å². The molecule has 2 atom stereocenters. The summed E-state index contributed by atoms with van der Waals surface area (Å²) in [6, 6.07) is -0.458. The van der Waals surface area contributed by atoms with Crippen LogP contribution in [0.25, 0.3) is 0 Å². The van der Waals surface area contributed by atoms with E-state index in [1.807, 2.05) is 0 Å². The highest BCUT2D eigenvalue weighted by atomic mass is 79.9. The number of hydrogen-bond acceptors (Lipinski definition) is 5. The summed E-state index contributed by atoms with van der Waals surface area (Å²) >= 11 is 3.15. The van der Waals surface area contributed by atoms with Gasteiger partial charge in [0, 0.05) is 12.2 Å². The van der Waals surface area contributed by atoms with Crippen molar-refractivity contribution >= 4 is 33.3 Å². The van der Waals surface area contributed by atoms with E-state index in [2.05, 4.69) is 26.2 Å². The highest BCUT2D eigenvalue weighted by molar-refractivity contribution is 9.10. The molecule has 0 amide bonds. The number of nitrogens with one attached hydrogen (secondary N) is 1. The van der Waals surface area contributed by atoms with Gasteiger partial charge in [0.15, 0.2) is 0 Å². The van der Waals surface area contributed by atoms with Crippen LogP contribution >= 0.6 is 15.9 Å². The first-order valence-corrected chi connectivity index (χ1v) is 5.91. The van der Waals surface area contributed by atoms with Crippen molar-refractivity contribution in [2.45, 2.75) is 19.9 Å². The molecule has 0 aliphatic rings. The van der Waals surface area contributed by atoms with Crippen LogP contribution in [0.5, 0.6) is 0 Å². The average Bonchev–Trinajstić information content (AvgIpc) is 2.30. The molecular formula is C10H12BrN3O4. The highest BCUT2D eigenvalue weighted by Gasteiger charge is 2.24. The summed E-state index contributed by atoms with van der Waals surface area (Å²) in [6.07, 6.45) is 2.53. The van der Waals surface area contributed by atoms with E-state index >= 15 is 0 Å². The number of pyridine rings is 1. The van der Waals surface area contributed by atoms with Crippen LogP contribution in [-0.2, 0) is 4.79 Å². The zero-order chi connectivity index (χ0) is 13.9. The lowest BCUT2D eigenvalue weighted by Gasteiger charge is -2.19. The largest absolute Gasteiger partial charge is 0.481 e. The fraction of sp³-hybridized carbons (Fsp3) is 0.400. The fourth-order valence-corrected chi connectivity index (χ4v) is 1.71. The van der Waals surface area contributed by atoms with Gasteiger partial charge in [0.1, 0.15) is 11.9 Å². The van der Waals surface area contributed by atoms with E-state index in [-0.39, 0.29) is 11.4 Å². The first kappa shape index (κ1) is 14.4. The number of carboxylic acid groups (broad SMARTS) is 1. The zero-order valence-electron chi connectivity index (χ0n) is 9.75. The van der Waals surface area contributed by atoms with Gasteiger partial charge in [0.05, 0.1) is 15.3 Å². The van der Waals surface area contributed by atoms with E-state index in [1.54, 1.807) is 6.92 Å². The van der Waals surface area contributed by atoms with Gasteiger partial charge in [-0.25, -0.2) is 0 Å². The number of hydrogen-bond donors (Lipinski definition) is 2. The number of rotatable bonds is 5. The van der Waals surface area contributed by atoms with Crippen molar-refractivity contribution in [3.63, 3.8) is 0 Å². The monoisotopic (exact) mass is 317 g/mol. The SMILES string of the molecule is CC(Nc1c(Br)cncc1[N+](=O)[O-])C(C)C(=O)O. The number of nitro groups is 1. The van der Waals surface area contributed by atoms with Crippen molar-refractivity contribution in [3.05, 3.63) is 27.0 Å². The van der Waals surface area contributed by atoms with Gasteiger partial charge in [0.2, 0.25) is 0 Å². The molecule has 1 aromatic rings. The van der Waals surface area contributed by atoms with Crippen molar-refractivity contribution < 1.29 is 14.8 Å². The van der Waals surface area contributed by atoms with Crippen LogP contribution in [0.2, 0.25) is 0 Å². The number of anilines is 1. The third-order valence-corrected chi connectivity index (χ3v) is 3.19. The highest BCUT2D eigenvalue weighted by Crippen LogP contribution is 2.32. The Labute approximate surface area is 112 Å². The Morgan fingerprint density at radius 3 is 2.67 bits per heavy atom. The van der Waals surface area contributed by atoms with Crippen LogP contribution < -0.4 is 5.32 Å². The molecule has 0 aliphatic heterocycles. The van der Waals surface area contributed by atoms with E-state index in [4.69, 9.17) is 5.11 Å². The lowest BCUT2D eigenvalue weighted by atomic mass is 10.0. The van der Waals surface area contributed by atoms with Crippen molar-refractivity contribution in [2.24, 2.45) is 5.92 Å². The topological polar surface area (TPSA) is 105 Å². The number of halogens is 1. The molecule has 1 rings (SSSR count). The van der Waals surface area contributed by atoms with Crippen molar-refractivity contribution in [2.75, 3.05) is 5.32 Å². The van der Waals surface area contributed by atoms with Gasteiger partial charge in [-0.15, -0.1) is 0 Å². The lowest BCUT2D eigenvalue weighted by molar-refractivity contribution is -0.384. The Bertz CT molecular complexity index is 480. The molecule has 0 saturated heterocycles. The third-order valence-electron chi connectivity index (χ3n) is 2.59. The molecule has 0 saturated carbocycles. The Kier molecular flexibility index (Phi) is 4.60. The molecule has 2 N–H and O–H groups in total. The summed E-state index contributed by atoms with van der Waals surface area (Å²) in [7, 11) is 0. The molecule has 0 bridgehead atoms. The van der Waals surface area contributed by atoms with Gasteiger partial charge in [-0.1, -0.05) is 0 Å². The second-order valence-electron chi connectivity index (χ2n) is 3.83. The third kappa shape index (κ3) is 3.16. The van der Waals surface area contributed by atoms with E-state index in [1.165, 1.54) is 13.1 Å². The molecule has 1 heterocycles. The standard InChI is InChI=1S/C10H12BrN3O4/c1-5(10(15)16)6(2)13-9-7(11)3-12-4-8(9)14(17)18/h3-6H,1-2H3,(H,12,13)(H,15,16). The lowest BCUT2D eigenvalue weighted by Crippen LogP contribution is -2.30. The van der Waals surface area contributed by atoms with E-state index < -0.39 is 22.9 Å². The summed E-state index contributed by atoms with van der Waals surface area (Å²) < 4.78 is 0.418. The maximum atomic E-state index is 10.8. The molecule has 0 aliphatic carbocycles. The Morgan fingerprint density at radius 2 is 2.17 bits per heavy atom. The Hall–Kier alpha value is -1.70. The second kappa shape index (κ2) is 5.76. The molecule has 98 valence electrons. The molecule has 1 aromatic heterocycles. The number of aliphatic carboxylic acids is 1. The maximum absolute atomic E-state index is 10.8. The summed E-state index contributed by atoms with van der Waals surface area (Å²) in [6.45, 7) is 3.18. The van der Waals surface area contributed by atoms with Crippen molar-refractivity contribution in [3.8, 4) is 0 Å². The minimum absolute atomic E-state index is 0.200. The smallest absolute Gasteiger partial charge is 0.311 e. The number of nitrogens with zero attached hydrogens (tertiary/aromatic N) is 2. The van der Waals surface area contributed by atoms with Crippen LogP contribution in [0, 0.1) is 16.0 Å². The molecule has 2 unspecified atom stereocenters. The first-order valence-electron chi connectivity index (χ1n) is 5.11. The van der Waals surface area contributed by atoms with Gasteiger partial charge < -0.3 is 10.4 Å². The number of carbonyl (C=O) groups is 1. The predicted octanol–water partition coefficient (Wildman–Crippen LogP) is 2.27. The molecular weight excluding hydrogens is 306 g/mol. The van der Waals surface area contributed by atoms with E-state index in [9.17, 15) is 14.9 Å². The van der Waals surface area contributed by atoms with Gasteiger partial charge >= 0.3 is 11.7 Å². The van der Waals surface area contributed by atoms with Crippen LogP contribution in [-0.4, -0.2) is 27.0 Å². The van der Waals surface area contributed by atoms with Crippen LogP contribution in [0.3, 0.4) is 0 Å². The molecule has 0 spiro atoms. The summed E-state index contributed by atoms with van der Waals surface area (Å²) in [5.74, 6) is -1.65.